The van der Waals surface area contributed by atoms with E-state index in [2.05, 4.69) is 29.8 Å². The Kier molecular flexibility index (Phi) is 5.29. The minimum atomic E-state index is -0.512. The fourth-order valence-corrected chi connectivity index (χ4v) is 1.97. The number of hydrogen-bond donors (Lipinski definition) is 1. The van der Waals surface area contributed by atoms with Crippen molar-refractivity contribution < 1.29 is 9.84 Å². The van der Waals surface area contributed by atoms with Gasteiger partial charge in [-0.3, -0.25) is 0 Å². The molecule has 0 aliphatic rings. The Morgan fingerprint density at radius 1 is 1.31 bits per heavy atom. The maximum absolute atomic E-state index is 9.69. The maximum Gasteiger partial charge on any atom is 0.125 e. The van der Waals surface area contributed by atoms with Crippen LogP contribution in [0, 0.1) is 0 Å². The normalized spacial score (nSPS) is 12.9. The van der Waals surface area contributed by atoms with Crippen molar-refractivity contribution in [2.24, 2.45) is 0 Å². The molecule has 0 aromatic heterocycles. The molecule has 0 saturated carbocycles. The summed E-state index contributed by atoms with van der Waals surface area (Å²) in [6.45, 7) is 5.96. The van der Waals surface area contributed by atoms with Crippen molar-refractivity contribution in [1.29, 1.82) is 0 Å². The summed E-state index contributed by atoms with van der Waals surface area (Å²) in [6, 6.07) is 5.75. The number of aliphatic hydroxyl groups excluding tert-OH is 1. The van der Waals surface area contributed by atoms with Crippen LogP contribution in [0.1, 0.15) is 45.3 Å². The molecule has 0 radical (unpaired) electrons. The van der Waals surface area contributed by atoms with Gasteiger partial charge in [-0.15, -0.1) is 0 Å². The Morgan fingerprint density at radius 2 is 1.94 bits per heavy atom. The molecule has 1 rings (SSSR count). The lowest BCUT2D eigenvalue weighted by atomic mass is 10.1. The quantitative estimate of drug-likeness (QED) is 0.884. The summed E-state index contributed by atoms with van der Waals surface area (Å²) in [7, 11) is 0. The molecule has 0 aliphatic heterocycles. The topological polar surface area (TPSA) is 29.5 Å². The van der Waals surface area contributed by atoms with Crippen molar-refractivity contribution in [3.8, 4) is 5.75 Å². The van der Waals surface area contributed by atoms with Crippen LogP contribution in [0.15, 0.2) is 22.7 Å². The summed E-state index contributed by atoms with van der Waals surface area (Å²) in [6.07, 6.45) is 1.66. The second kappa shape index (κ2) is 6.26. The molecule has 0 saturated heterocycles. The van der Waals surface area contributed by atoms with Crippen molar-refractivity contribution >= 4 is 15.9 Å². The van der Waals surface area contributed by atoms with Crippen LogP contribution in [0.4, 0.5) is 0 Å². The van der Waals surface area contributed by atoms with Crippen LogP contribution >= 0.6 is 15.9 Å². The first-order valence-electron chi connectivity index (χ1n) is 5.72. The Bertz CT molecular complexity index is 333. The van der Waals surface area contributed by atoms with E-state index in [-0.39, 0.29) is 6.10 Å². The summed E-state index contributed by atoms with van der Waals surface area (Å²) in [4.78, 5) is 0. The average Bonchev–Trinajstić information content (AvgIpc) is 2.27. The van der Waals surface area contributed by atoms with E-state index in [1.807, 2.05) is 18.2 Å². The first-order valence-corrected chi connectivity index (χ1v) is 6.51. The van der Waals surface area contributed by atoms with E-state index < -0.39 is 6.10 Å². The second-order valence-corrected chi connectivity index (χ2v) is 4.83. The van der Waals surface area contributed by atoms with Crippen molar-refractivity contribution in [3.05, 3.63) is 28.2 Å². The zero-order valence-corrected chi connectivity index (χ0v) is 11.6. The van der Waals surface area contributed by atoms with Crippen LogP contribution < -0.4 is 4.74 Å². The van der Waals surface area contributed by atoms with Gasteiger partial charge < -0.3 is 9.84 Å². The fraction of sp³-hybridized carbons (Fsp3) is 0.538. The van der Waals surface area contributed by atoms with Crippen LogP contribution in [0.3, 0.4) is 0 Å². The maximum atomic E-state index is 9.69. The van der Waals surface area contributed by atoms with E-state index in [1.165, 1.54) is 0 Å². The van der Waals surface area contributed by atoms with Crippen molar-refractivity contribution in [2.45, 2.75) is 45.8 Å². The smallest absolute Gasteiger partial charge is 0.125 e. The molecule has 3 heteroatoms. The number of rotatable bonds is 5. The van der Waals surface area contributed by atoms with Crippen LogP contribution in [-0.2, 0) is 0 Å². The van der Waals surface area contributed by atoms with E-state index in [4.69, 9.17) is 4.74 Å². The Balaban J connectivity index is 2.94. The number of hydrogen-bond acceptors (Lipinski definition) is 2. The van der Waals surface area contributed by atoms with Gasteiger partial charge >= 0.3 is 0 Å². The van der Waals surface area contributed by atoms with Gasteiger partial charge in [0, 0.05) is 10.0 Å². The van der Waals surface area contributed by atoms with Crippen molar-refractivity contribution in [1.82, 2.24) is 0 Å². The highest BCUT2D eigenvalue weighted by Gasteiger charge is 2.13. The van der Waals surface area contributed by atoms with Crippen LogP contribution in [0.5, 0.6) is 5.75 Å². The molecular formula is C13H19BrO2. The van der Waals surface area contributed by atoms with Gasteiger partial charge in [-0.05, 0) is 38.0 Å². The predicted octanol–water partition coefficient (Wildman–Crippen LogP) is 4.07. The third-order valence-corrected chi connectivity index (χ3v) is 3.12. The highest BCUT2D eigenvalue weighted by atomic mass is 79.9. The SMILES string of the molecule is CCC(CC)Oc1ccc(Br)cc1[C@H](C)O. The van der Waals surface area contributed by atoms with Gasteiger partial charge in [0.05, 0.1) is 12.2 Å². The molecule has 1 atom stereocenters. The molecule has 0 bridgehead atoms. The lowest BCUT2D eigenvalue weighted by molar-refractivity contribution is 0.166. The first kappa shape index (κ1) is 13.5. The molecule has 90 valence electrons. The molecule has 0 heterocycles. The molecule has 1 aromatic carbocycles. The largest absolute Gasteiger partial charge is 0.490 e. The van der Waals surface area contributed by atoms with Gasteiger partial charge in [-0.1, -0.05) is 29.8 Å². The molecule has 16 heavy (non-hydrogen) atoms. The Hall–Kier alpha value is -0.540. The molecule has 2 nitrogen and oxygen atoms in total. The van der Waals surface area contributed by atoms with E-state index in [1.54, 1.807) is 6.92 Å². The van der Waals surface area contributed by atoms with Gasteiger partial charge in [0.15, 0.2) is 0 Å². The third kappa shape index (κ3) is 3.49. The highest BCUT2D eigenvalue weighted by molar-refractivity contribution is 9.10. The zero-order valence-electron chi connectivity index (χ0n) is 10.0. The van der Waals surface area contributed by atoms with E-state index in [0.29, 0.717) is 0 Å². The number of aliphatic hydroxyl groups is 1. The monoisotopic (exact) mass is 286 g/mol. The van der Waals surface area contributed by atoms with Gasteiger partial charge in [-0.25, -0.2) is 0 Å². The van der Waals surface area contributed by atoms with E-state index in [0.717, 1.165) is 28.6 Å². The fourth-order valence-electron chi connectivity index (χ4n) is 1.59. The van der Waals surface area contributed by atoms with Gasteiger partial charge in [0.1, 0.15) is 5.75 Å². The van der Waals surface area contributed by atoms with Crippen molar-refractivity contribution in [3.63, 3.8) is 0 Å². The summed E-state index contributed by atoms with van der Waals surface area (Å²) in [5.74, 6) is 0.784. The minimum absolute atomic E-state index is 0.221. The Labute approximate surface area is 106 Å². The van der Waals surface area contributed by atoms with Crippen LogP contribution in [0.2, 0.25) is 0 Å². The molecule has 1 N–H and O–H groups in total. The third-order valence-electron chi connectivity index (χ3n) is 2.63. The summed E-state index contributed by atoms with van der Waals surface area (Å²) >= 11 is 3.40. The zero-order chi connectivity index (χ0) is 12.1. The molecule has 0 spiro atoms. The predicted molar refractivity (Wildman–Crippen MR) is 69.8 cm³/mol. The molecule has 0 unspecified atom stereocenters. The summed E-state index contributed by atoms with van der Waals surface area (Å²) in [5.41, 5.74) is 0.835. The number of ether oxygens (including phenoxy) is 1. The van der Waals surface area contributed by atoms with Gasteiger partial charge in [0.25, 0.3) is 0 Å². The lowest BCUT2D eigenvalue weighted by Crippen LogP contribution is -2.15. The minimum Gasteiger partial charge on any atom is -0.490 e. The van der Waals surface area contributed by atoms with Crippen LogP contribution in [0.25, 0.3) is 0 Å². The first-order chi connectivity index (χ1) is 7.58. The van der Waals surface area contributed by atoms with Gasteiger partial charge in [-0.2, -0.15) is 0 Å². The van der Waals surface area contributed by atoms with Gasteiger partial charge in [0.2, 0.25) is 0 Å². The summed E-state index contributed by atoms with van der Waals surface area (Å²) in [5, 5.41) is 9.69. The molecular weight excluding hydrogens is 268 g/mol. The average molecular weight is 287 g/mol. The number of halogens is 1. The molecule has 0 fully saturated rings. The molecule has 0 amide bonds. The molecule has 1 aromatic rings. The van der Waals surface area contributed by atoms with E-state index in [9.17, 15) is 5.11 Å². The second-order valence-electron chi connectivity index (χ2n) is 3.91. The van der Waals surface area contributed by atoms with Crippen LogP contribution in [-0.4, -0.2) is 11.2 Å². The lowest BCUT2D eigenvalue weighted by Gasteiger charge is -2.19. The molecule has 0 aliphatic carbocycles. The summed E-state index contributed by atoms with van der Waals surface area (Å²) < 4.78 is 6.84. The highest BCUT2D eigenvalue weighted by Crippen LogP contribution is 2.29. The van der Waals surface area contributed by atoms with E-state index >= 15 is 0 Å². The standard InChI is InChI=1S/C13H19BrO2/c1-4-11(5-2)16-13-7-6-10(14)8-12(13)9(3)15/h6-9,11,15H,4-5H2,1-3H3/t9-/m0/s1. The van der Waals surface area contributed by atoms with Crippen molar-refractivity contribution in [2.75, 3.05) is 0 Å². The Morgan fingerprint density at radius 3 is 2.44 bits per heavy atom. The number of benzene rings is 1.